The molecule has 0 saturated heterocycles. The van der Waals surface area contributed by atoms with E-state index in [1.54, 1.807) is 12.1 Å². The maximum atomic E-state index is 14.7. The van der Waals surface area contributed by atoms with Crippen molar-refractivity contribution >= 4 is 34.4 Å². The number of aromatic nitrogens is 2. The smallest absolute Gasteiger partial charge is 0.424 e. The summed E-state index contributed by atoms with van der Waals surface area (Å²) in [5.74, 6) is -2.60. The Balaban J connectivity index is 1.57. The lowest BCUT2D eigenvalue weighted by atomic mass is 9.81. The number of urea groups is 1. The predicted octanol–water partition coefficient (Wildman–Crippen LogP) is 3.50. The van der Waals surface area contributed by atoms with E-state index in [4.69, 9.17) is 10.5 Å². The molecule has 15 heteroatoms. The number of primary amides is 1. The van der Waals surface area contributed by atoms with Gasteiger partial charge in [0.15, 0.2) is 0 Å². The summed E-state index contributed by atoms with van der Waals surface area (Å²) in [7, 11) is 1.37. The summed E-state index contributed by atoms with van der Waals surface area (Å²) in [6.07, 6.45) is -3.94. The molecule has 0 fully saturated rings. The predicted molar refractivity (Wildman–Crippen MR) is 154 cm³/mol. The summed E-state index contributed by atoms with van der Waals surface area (Å²) in [4.78, 5) is 45.9. The van der Waals surface area contributed by atoms with Gasteiger partial charge in [-0.05, 0) is 55.5 Å². The summed E-state index contributed by atoms with van der Waals surface area (Å²) in [6.45, 7) is -0.352. The number of anilines is 1. The Labute approximate surface area is 252 Å². The van der Waals surface area contributed by atoms with Crippen LogP contribution in [0.3, 0.4) is 0 Å². The van der Waals surface area contributed by atoms with Crippen molar-refractivity contribution in [2.24, 2.45) is 5.73 Å². The molecule has 3 heterocycles. The number of alkyl halides is 3. The van der Waals surface area contributed by atoms with Crippen molar-refractivity contribution in [2.45, 2.75) is 24.1 Å². The molecule has 0 aliphatic carbocycles. The first-order valence-electron chi connectivity index (χ1n) is 13.4. The van der Waals surface area contributed by atoms with Gasteiger partial charge in [-0.15, -0.1) is 0 Å². The lowest BCUT2D eigenvalue weighted by Gasteiger charge is -2.31. The molecule has 0 saturated carbocycles. The van der Waals surface area contributed by atoms with Gasteiger partial charge in [0, 0.05) is 35.3 Å². The highest BCUT2D eigenvalue weighted by molar-refractivity contribution is 6.05. The Hall–Kier alpha value is -5.31. The van der Waals surface area contributed by atoms with Crippen LogP contribution in [0.4, 0.5) is 28.0 Å². The maximum Gasteiger partial charge on any atom is 0.424 e. The fraction of sp³-hybridized carbons (Fsp3) is 0.233. The number of ether oxygens (including phenoxy) is 1. The van der Waals surface area contributed by atoms with Crippen molar-refractivity contribution in [3.63, 3.8) is 0 Å². The van der Waals surface area contributed by atoms with Crippen LogP contribution in [-0.4, -0.2) is 59.3 Å². The van der Waals surface area contributed by atoms with Gasteiger partial charge >= 0.3 is 12.2 Å². The summed E-state index contributed by atoms with van der Waals surface area (Å²) in [5, 5.41) is 18.6. The number of hydrogen-bond acceptors (Lipinski definition) is 7. The van der Waals surface area contributed by atoms with Gasteiger partial charge in [0.05, 0.1) is 23.4 Å². The molecule has 6 N–H and O–H groups in total. The molecule has 1 unspecified atom stereocenters. The molecule has 2 aromatic heterocycles. The van der Waals surface area contributed by atoms with E-state index in [1.165, 1.54) is 44.4 Å². The summed E-state index contributed by atoms with van der Waals surface area (Å²) in [5.41, 5.74) is -0.596. The van der Waals surface area contributed by atoms with Crippen LogP contribution in [-0.2, 0) is 15.8 Å². The monoisotopic (exact) mass is 626 g/mol. The van der Waals surface area contributed by atoms with E-state index in [0.717, 1.165) is 18.2 Å². The van der Waals surface area contributed by atoms with Gasteiger partial charge in [-0.25, -0.2) is 14.2 Å². The van der Waals surface area contributed by atoms with Gasteiger partial charge in [-0.2, -0.15) is 13.2 Å². The number of fused-ring (bicyclic) bond motifs is 2. The van der Waals surface area contributed by atoms with Gasteiger partial charge in [0.25, 0.3) is 5.91 Å². The Kier molecular flexibility index (Phi) is 7.83. The molecule has 0 radical (unpaired) electrons. The summed E-state index contributed by atoms with van der Waals surface area (Å²) in [6, 6.07) is 10.6. The van der Waals surface area contributed by atoms with Crippen LogP contribution < -0.4 is 26.4 Å². The SMILES string of the molecule is CNC(=O)Nc1cc(C(=O)NCC(O)(c2cc3c(c(-c4ccc(F)cc4)n2)OC[C@]3(C)C(N)=O)C(F)(F)F)cc2cccnc12. The first-order valence-corrected chi connectivity index (χ1v) is 13.4. The Morgan fingerprint density at radius 3 is 2.47 bits per heavy atom. The average molecular weight is 627 g/mol. The topological polar surface area (TPSA) is 169 Å². The second-order valence-corrected chi connectivity index (χ2v) is 10.6. The van der Waals surface area contributed by atoms with E-state index in [0.29, 0.717) is 10.9 Å². The fourth-order valence-electron chi connectivity index (χ4n) is 4.85. The number of nitrogens with one attached hydrogen (secondary N) is 3. The number of pyridine rings is 2. The first-order chi connectivity index (χ1) is 21.2. The van der Waals surface area contributed by atoms with E-state index in [-0.39, 0.29) is 40.4 Å². The number of halogens is 4. The fourth-order valence-corrected chi connectivity index (χ4v) is 4.85. The number of nitrogens with two attached hydrogens (primary N) is 1. The molecule has 4 aromatic rings. The van der Waals surface area contributed by atoms with Crippen LogP contribution in [0, 0.1) is 5.82 Å². The highest BCUT2D eigenvalue weighted by Gasteiger charge is 2.57. The number of rotatable bonds is 7. The van der Waals surface area contributed by atoms with Crippen molar-refractivity contribution in [3.05, 3.63) is 83.4 Å². The number of aliphatic hydroxyl groups is 1. The minimum atomic E-state index is -5.40. The average Bonchev–Trinajstić information content (AvgIpc) is 3.36. The van der Waals surface area contributed by atoms with E-state index in [9.17, 15) is 37.1 Å². The molecule has 1 aliphatic rings. The molecular weight excluding hydrogens is 600 g/mol. The quantitative estimate of drug-likeness (QED) is 0.196. The van der Waals surface area contributed by atoms with Gasteiger partial charge < -0.3 is 31.5 Å². The van der Waals surface area contributed by atoms with E-state index < -0.39 is 53.1 Å². The third-order valence-electron chi connectivity index (χ3n) is 7.57. The normalized spacial score (nSPS) is 17.1. The Morgan fingerprint density at radius 1 is 1.11 bits per heavy atom. The Morgan fingerprint density at radius 2 is 1.82 bits per heavy atom. The van der Waals surface area contributed by atoms with Crippen molar-refractivity contribution in [3.8, 4) is 17.0 Å². The van der Waals surface area contributed by atoms with Crippen LogP contribution in [0.5, 0.6) is 5.75 Å². The summed E-state index contributed by atoms with van der Waals surface area (Å²) < 4.78 is 63.5. The molecule has 11 nitrogen and oxygen atoms in total. The number of nitrogens with zero attached hydrogens (tertiary/aromatic N) is 2. The molecule has 2 aromatic carbocycles. The van der Waals surface area contributed by atoms with Crippen molar-refractivity contribution in [1.29, 1.82) is 0 Å². The molecule has 234 valence electrons. The molecule has 45 heavy (non-hydrogen) atoms. The van der Waals surface area contributed by atoms with Crippen molar-refractivity contribution in [2.75, 3.05) is 25.5 Å². The third kappa shape index (κ3) is 5.57. The van der Waals surface area contributed by atoms with Crippen LogP contribution >= 0.6 is 0 Å². The molecule has 5 rings (SSSR count). The van der Waals surface area contributed by atoms with Gasteiger partial charge in [0.1, 0.15) is 29.3 Å². The van der Waals surface area contributed by atoms with Crippen LogP contribution in [0.1, 0.15) is 28.5 Å². The molecule has 0 bridgehead atoms. The van der Waals surface area contributed by atoms with Crippen LogP contribution in [0.25, 0.3) is 22.2 Å². The highest BCUT2D eigenvalue weighted by Crippen LogP contribution is 2.47. The number of amides is 4. The van der Waals surface area contributed by atoms with Crippen molar-refractivity contribution < 1.29 is 41.8 Å². The minimum absolute atomic E-state index is 0.0545. The highest BCUT2D eigenvalue weighted by atomic mass is 19.4. The van der Waals surface area contributed by atoms with Gasteiger partial charge in [-0.3, -0.25) is 14.6 Å². The number of benzene rings is 2. The molecule has 0 spiro atoms. The third-order valence-corrected chi connectivity index (χ3v) is 7.57. The zero-order valence-corrected chi connectivity index (χ0v) is 23.8. The lowest BCUT2D eigenvalue weighted by Crippen LogP contribution is -2.51. The van der Waals surface area contributed by atoms with Gasteiger partial charge in [-0.1, -0.05) is 6.07 Å². The zero-order chi connectivity index (χ0) is 32.7. The van der Waals surface area contributed by atoms with Crippen molar-refractivity contribution in [1.82, 2.24) is 20.6 Å². The largest absolute Gasteiger partial charge is 0.489 e. The van der Waals surface area contributed by atoms with Gasteiger partial charge in [0.2, 0.25) is 11.5 Å². The molecule has 2 atom stereocenters. The van der Waals surface area contributed by atoms with E-state index in [2.05, 4.69) is 25.9 Å². The van der Waals surface area contributed by atoms with E-state index >= 15 is 0 Å². The first kappa shape index (κ1) is 31.1. The molecule has 1 aliphatic heterocycles. The lowest BCUT2D eigenvalue weighted by molar-refractivity contribution is -0.265. The van der Waals surface area contributed by atoms with Crippen LogP contribution in [0.15, 0.2) is 60.8 Å². The standard InChI is InChI=1S/C30H26F4N6O5/c1-28(26(35)42)14-45-24-19(28)12-21(40-23(24)15-5-7-18(31)8-6-15)29(44,30(32,33)34)13-38-25(41)17-10-16-4-3-9-37-22(16)20(11-17)39-27(43)36-2/h3-12,44H,13-14H2,1-2H3,(H2,35,42)(H,38,41)(H2,36,39,43)/t28-,29?/m0/s1. The number of carbonyl (C=O) groups is 3. The number of carbonyl (C=O) groups excluding carboxylic acids is 3. The Bertz CT molecular complexity index is 1830. The van der Waals surface area contributed by atoms with E-state index in [1.807, 2.05) is 0 Å². The minimum Gasteiger partial charge on any atom is -0.489 e. The number of hydrogen-bond donors (Lipinski definition) is 5. The maximum absolute atomic E-state index is 14.7. The zero-order valence-electron chi connectivity index (χ0n) is 23.8. The summed E-state index contributed by atoms with van der Waals surface area (Å²) >= 11 is 0. The molecule has 4 amide bonds. The molecular formula is C30H26F4N6O5. The second-order valence-electron chi connectivity index (χ2n) is 10.6. The van der Waals surface area contributed by atoms with Crippen LogP contribution in [0.2, 0.25) is 0 Å². The second kappa shape index (κ2) is 11.3.